The Morgan fingerprint density at radius 2 is 1.11 bits per heavy atom. The van der Waals surface area contributed by atoms with Crippen molar-refractivity contribution in [2.75, 3.05) is 6.54 Å². The molecule has 0 aromatic carbocycles. The molecule has 0 aromatic heterocycles. The van der Waals surface area contributed by atoms with E-state index in [9.17, 15) is 38.7 Å². The second kappa shape index (κ2) is 17.1. The number of hydrogen-bond donors (Lipinski definition) is 10. The zero-order chi connectivity index (χ0) is 29.4. The third-order valence-electron chi connectivity index (χ3n) is 4.85. The van der Waals surface area contributed by atoms with Crippen LogP contribution in [0, 0.1) is 0 Å². The Hall–Kier alpha value is -4.48. The molecular weight excluding hydrogens is 514 g/mol. The fourth-order valence-electron chi connectivity index (χ4n) is 2.94. The summed E-state index contributed by atoms with van der Waals surface area (Å²) < 4.78 is 0. The minimum atomic E-state index is -1.60. The molecule has 18 heteroatoms. The fraction of sp³-hybridized carbons (Fsp3) is 0.600. The minimum Gasteiger partial charge on any atom is -0.481 e. The van der Waals surface area contributed by atoms with Crippen LogP contribution in [-0.2, 0) is 33.6 Å². The quantitative estimate of drug-likeness (QED) is 0.0420. The van der Waals surface area contributed by atoms with E-state index in [4.69, 9.17) is 32.5 Å². The summed E-state index contributed by atoms with van der Waals surface area (Å²) in [6, 6.07) is -6.14. The van der Waals surface area contributed by atoms with Gasteiger partial charge in [-0.3, -0.25) is 33.8 Å². The third kappa shape index (κ3) is 14.8. The Labute approximate surface area is 216 Å². The van der Waals surface area contributed by atoms with Gasteiger partial charge in [0.15, 0.2) is 5.96 Å². The molecule has 0 fully saturated rings. The maximum Gasteiger partial charge on any atom is 0.326 e. The highest BCUT2D eigenvalue weighted by Crippen LogP contribution is 2.06. The maximum atomic E-state index is 12.9. The van der Waals surface area contributed by atoms with Crippen LogP contribution in [0.3, 0.4) is 0 Å². The summed E-state index contributed by atoms with van der Waals surface area (Å²) in [5.74, 6) is -8.90. The molecule has 0 spiro atoms. The highest BCUT2D eigenvalue weighted by atomic mass is 16.4. The zero-order valence-electron chi connectivity index (χ0n) is 20.3. The van der Waals surface area contributed by atoms with Crippen LogP contribution in [-0.4, -0.2) is 98.7 Å². The highest BCUT2D eigenvalue weighted by molar-refractivity contribution is 5.95. The predicted molar refractivity (Wildman–Crippen MR) is 127 cm³/mol. The second-order valence-corrected chi connectivity index (χ2v) is 8.04. The molecule has 18 nitrogen and oxygen atoms in total. The van der Waals surface area contributed by atoms with E-state index in [-0.39, 0.29) is 25.3 Å². The van der Waals surface area contributed by atoms with Gasteiger partial charge in [0.2, 0.25) is 17.7 Å². The monoisotopic (exact) mass is 547 g/mol. The summed E-state index contributed by atoms with van der Waals surface area (Å²) in [5.41, 5.74) is 15.9. The Morgan fingerprint density at radius 1 is 0.658 bits per heavy atom. The van der Waals surface area contributed by atoms with Gasteiger partial charge in [0.25, 0.3) is 0 Å². The van der Waals surface area contributed by atoms with E-state index in [0.29, 0.717) is 0 Å². The summed E-state index contributed by atoms with van der Waals surface area (Å²) in [6.45, 7) is 0.0204. The first-order chi connectivity index (χ1) is 17.6. The largest absolute Gasteiger partial charge is 0.481 e. The topological polar surface area (TPSA) is 327 Å². The van der Waals surface area contributed by atoms with Crippen LogP contribution < -0.4 is 33.2 Å². The van der Waals surface area contributed by atoms with Crippen LogP contribution in [0.1, 0.15) is 44.9 Å². The molecule has 0 aromatic rings. The van der Waals surface area contributed by atoms with Gasteiger partial charge in [-0.25, -0.2) is 4.79 Å². The summed E-state index contributed by atoms with van der Waals surface area (Å²) in [4.78, 5) is 85.7. The van der Waals surface area contributed by atoms with E-state index < -0.39 is 97.9 Å². The Bertz CT molecular complexity index is 921. The molecule has 0 saturated heterocycles. The lowest BCUT2D eigenvalue weighted by atomic mass is 10.1. The average molecular weight is 548 g/mol. The number of rotatable bonds is 19. The molecule has 4 atom stereocenters. The van der Waals surface area contributed by atoms with Crippen molar-refractivity contribution >= 4 is 47.6 Å². The second-order valence-electron chi connectivity index (χ2n) is 8.04. The van der Waals surface area contributed by atoms with Gasteiger partial charge in [0, 0.05) is 19.4 Å². The number of carbonyl (C=O) groups is 7. The van der Waals surface area contributed by atoms with Gasteiger partial charge >= 0.3 is 23.9 Å². The highest BCUT2D eigenvalue weighted by Gasteiger charge is 2.31. The molecule has 0 radical (unpaired) electrons. The van der Waals surface area contributed by atoms with E-state index in [1.807, 2.05) is 0 Å². The smallest absolute Gasteiger partial charge is 0.326 e. The van der Waals surface area contributed by atoms with Crippen molar-refractivity contribution in [3.05, 3.63) is 0 Å². The van der Waals surface area contributed by atoms with Gasteiger partial charge in [-0.1, -0.05) is 0 Å². The Balaban J connectivity index is 5.74. The van der Waals surface area contributed by atoms with E-state index in [2.05, 4.69) is 20.9 Å². The third-order valence-corrected chi connectivity index (χ3v) is 4.85. The van der Waals surface area contributed by atoms with Crippen molar-refractivity contribution in [2.24, 2.45) is 22.2 Å². The van der Waals surface area contributed by atoms with Gasteiger partial charge in [-0.2, -0.15) is 0 Å². The number of carboxylic acids is 4. The molecule has 0 aliphatic rings. The summed E-state index contributed by atoms with van der Waals surface area (Å²) >= 11 is 0. The fourth-order valence-corrected chi connectivity index (χ4v) is 2.94. The van der Waals surface area contributed by atoms with Crippen LogP contribution in [0.25, 0.3) is 0 Å². The molecule has 13 N–H and O–H groups in total. The maximum absolute atomic E-state index is 12.9. The van der Waals surface area contributed by atoms with Crippen molar-refractivity contribution in [3.63, 3.8) is 0 Å². The van der Waals surface area contributed by atoms with E-state index >= 15 is 0 Å². The molecule has 38 heavy (non-hydrogen) atoms. The van der Waals surface area contributed by atoms with Crippen LogP contribution in [0.4, 0.5) is 0 Å². The van der Waals surface area contributed by atoms with Gasteiger partial charge < -0.3 is 53.6 Å². The van der Waals surface area contributed by atoms with Crippen LogP contribution in [0.15, 0.2) is 4.99 Å². The normalized spacial score (nSPS) is 13.6. The van der Waals surface area contributed by atoms with E-state index in [1.54, 1.807) is 0 Å². The number of nitrogens with two attached hydrogens (primary N) is 3. The molecule has 0 saturated carbocycles. The number of nitrogens with one attached hydrogen (secondary N) is 3. The van der Waals surface area contributed by atoms with Gasteiger partial charge in [-0.15, -0.1) is 0 Å². The van der Waals surface area contributed by atoms with Crippen LogP contribution in [0.5, 0.6) is 0 Å². The lowest BCUT2D eigenvalue weighted by Crippen LogP contribution is -2.57. The molecule has 0 aliphatic heterocycles. The number of amides is 3. The number of carbonyl (C=O) groups excluding carboxylic acids is 3. The Morgan fingerprint density at radius 3 is 1.55 bits per heavy atom. The van der Waals surface area contributed by atoms with Crippen LogP contribution >= 0.6 is 0 Å². The predicted octanol–water partition coefficient (Wildman–Crippen LogP) is -3.89. The zero-order valence-corrected chi connectivity index (χ0v) is 20.3. The lowest BCUT2D eigenvalue weighted by molar-refractivity contribution is -0.143. The summed E-state index contributed by atoms with van der Waals surface area (Å²) in [7, 11) is 0. The molecule has 4 unspecified atom stereocenters. The first kappa shape index (κ1) is 33.5. The standard InChI is InChI=1S/C20H33N7O11/c21-9(8-15(32)33)16(34)25-11(3-5-13(28)29)18(36)26-10(2-1-7-24-20(22)23)17(35)27-12(19(37)38)4-6-14(30)31/h9-12H,1-8,21H2,(H,25,34)(H,26,36)(H,27,35)(H,28,29)(H,30,31)(H,32,33)(H,37,38)(H4,22,23,24). The van der Waals surface area contributed by atoms with Crippen molar-refractivity contribution in [2.45, 2.75) is 69.1 Å². The summed E-state index contributed by atoms with van der Waals surface area (Å²) in [6.07, 6.45) is -2.88. The lowest BCUT2D eigenvalue weighted by Gasteiger charge is -2.25. The molecule has 0 aliphatic carbocycles. The van der Waals surface area contributed by atoms with Gasteiger partial charge in [0.1, 0.15) is 18.1 Å². The minimum absolute atomic E-state index is 0.0204. The van der Waals surface area contributed by atoms with E-state index in [1.165, 1.54) is 0 Å². The molecule has 0 bridgehead atoms. The number of nitrogens with zero attached hydrogens (tertiary/aromatic N) is 1. The number of aliphatic imine (C=N–C) groups is 1. The van der Waals surface area contributed by atoms with Crippen molar-refractivity contribution < 1.29 is 54.0 Å². The Kier molecular flexibility index (Phi) is 15.0. The molecule has 0 rings (SSSR count). The number of aliphatic carboxylic acids is 4. The van der Waals surface area contributed by atoms with Crippen LogP contribution in [0.2, 0.25) is 0 Å². The average Bonchev–Trinajstić information content (AvgIpc) is 2.79. The number of carboxylic acid groups (broad SMARTS) is 4. The summed E-state index contributed by atoms with van der Waals surface area (Å²) in [5, 5.41) is 42.4. The van der Waals surface area contributed by atoms with Crippen molar-refractivity contribution in [1.82, 2.24) is 16.0 Å². The van der Waals surface area contributed by atoms with E-state index in [0.717, 1.165) is 0 Å². The molecular formula is C20H33N7O11. The van der Waals surface area contributed by atoms with Crippen molar-refractivity contribution in [3.8, 4) is 0 Å². The number of hydrogen-bond acceptors (Lipinski definition) is 9. The first-order valence-corrected chi connectivity index (χ1v) is 11.2. The molecule has 214 valence electrons. The molecule has 3 amide bonds. The van der Waals surface area contributed by atoms with Gasteiger partial charge in [0.05, 0.1) is 12.5 Å². The SMILES string of the molecule is NC(N)=NCCCC(NC(=O)C(CCC(=O)O)NC(=O)C(N)CC(=O)O)C(=O)NC(CCC(=O)O)C(=O)O. The number of guanidine groups is 1. The van der Waals surface area contributed by atoms with Gasteiger partial charge in [-0.05, 0) is 25.7 Å². The molecule has 0 heterocycles. The first-order valence-electron chi connectivity index (χ1n) is 11.2. The van der Waals surface area contributed by atoms with Crippen molar-refractivity contribution in [1.29, 1.82) is 0 Å².